The lowest BCUT2D eigenvalue weighted by molar-refractivity contribution is 0.00215. The highest BCUT2D eigenvalue weighted by Crippen LogP contribution is 2.56. The number of benzene rings is 6. The van der Waals surface area contributed by atoms with Gasteiger partial charge in [0.1, 0.15) is 0 Å². The number of fused-ring (bicyclic) bond motifs is 6. The molecule has 43 heavy (non-hydrogen) atoms. The number of hydrogen-bond donors (Lipinski definition) is 0. The van der Waals surface area contributed by atoms with Crippen molar-refractivity contribution in [3.05, 3.63) is 132 Å². The molecule has 0 amide bonds. The van der Waals surface area contributed by atoms with Crippen LogP contribution in [0.15, 0.2) is 121 Å². The van der Waals surface area contributed by atoms with Gasteiger partial charge in [-0.1, -0.05) is 121 Å². The van der Waals surface area contributed by atoms with Crippen molar-refractivity contribution in [3.8, 4) is 11.1 Å². The molecule has 2 saturated carbocycles. The molecule has 1 heteroatoms. The van der Waals surface area contributed by atoms with Crippen LogP contribution in [0.25, 0.3) is 43.4 Å². The third-order valence-corrected chi connectivity index (χ3v) is 8.59. The topological polar surface area (TPSA) is 9.23 Å². The largest absolute Gasteiger partial charge is 0.374 e. The standard InChI is InChI=1S/C42H38O/c1-2-12-28(13-3-1)32-19-10-20-39-42(32)37-26-31(23-24-38(37)43-39)41-35-17-8-6-15-33(35)40(34-16-7-9-18-36(34)41)30-22-21-27-11-4-5-14-29(27)25-30/h1-9,11-18,21-22,25,31-32,37-39,42H,10,19-20,23-24,26H2/i1D,2D,3D,4D,5D,6D,7D,8D,9D,10D,11D,12D,13D,14D,15D,16D,17D,18D,19D,20D,21D,22D,23D,24D,25D,26D. The van der Waals surface area contributed by atoms with Crippen LogP contribution in [-0.2, 0) is 4.74 Å². The summed E-state index contributed by atoms with van der Waals surface area (Å²) in [5.74, 6) is -6.02. The fraction of sp³-hybridized carbons (Fsp3) is 0.286. The molecule has 12 unspecified atom stereocenters. The van der Waals surface area contributed by atoms with E-state index in [1.165, 1.54) is 0 Å². The molecule has 12 atom stereocenters. The van der Waals surface area contributed by atoms with Crippen molar-refractivity contribution in [3.63, 3.8) is 0 Å². The minimum Gasteiger partial charge on any atom is -0.374 e. The fourth-order valence-corrected chi connectivity index (χ4v) is 6.84. The van der Waals surface area contributed by atoms with Crippen molar-refractivity contribution in [2.45, 2.75) is 62.4 Å². The van der Waals surface area contributed by atoms with Gasteiger partial charge in [-0.25, -0.2) is 0 Å². The predicted octanol–water partition coefficient (Wildman–Crippen LogP) is 11.0. The normalized spacial score (nSPS) is 45.7. The summed E-state index contributed by atoms with van der Waals surface area (Å²) in [4.78, 5) is 0. The van der Waals surface area contributed by atoms with E-state index >= 15 is 0 Å². The Morgan fingerprint density at radius 1 is 0.605 bits per heavy atom. The summed E-state index contributed by atoms with van der Waals surface area (Å²) in [5.41, 5.74) is -2.16. The maximum Gasteiger partial charge on any atom is 0.0636 e. The maximum atomic E-state index is 10.2. The molecule has 3 aliphatic rings. The van der Waals surface area contributed by atoms with Crippen LogP contribution in [0, 0.1) is 11.8 Å². The minimum atomic E-state index is -1.85. The minimum absolute atomic E-state index is 0.391. The molecule has 1 saturated heterocycles. The summed E-state index contributed by atoms with van der Waals surface area (Å²) in [7, 11) is 0. The first-order chi connectivity index (χ1) is 32.2. The zero-order chi connectivity index (χ0) is 51.0. The summed E-state index contributed by atoms with van der Waals surface area (Å²) in [6.07, 6.45) is -13.0. The van der Waals surface area contributed by atoms with E-state index in [9.17, 15) is 13.7 Å². The van der Waals surface area contributed by atoms with E-state index in [1.807, 2.05) is 0 Å². The molecule has 6 aromatic rings. The zero-order valence-electron chi connectivity index (χ0n) is 48.3. The fourth-order valence-electron chi connectivity index (χ4n) is 6.84. The Morgan fingerprint density at radius 2 is 1.28 bits per heavy atom. The van der Waals surface area contributed by atoms with Crippen molar-refractivity contribution in [2.75, 3.05) is 0 Å². The van der Waals surface area contributed by atoms with Crippen molar-refractivity contribution in [1.29, 1.82) is 0 Å². The first-order valence-corrected chi connectivity index (χ1v) is 13.9. The molecule has 9 rings (SSSR count). The van der Waals surface area contributed by atoms with Gasteiger partial charge >= 0.3 is 0 Å². The Morgan fingerprint density at radius 3 is 2.05 bits per heavy atom. The third kappa shape index (κ3) is 4.16. The smallest absolute Gasteiger partial charge is 0.0636 e. The number of ether oxygens (including phenoxy) is 1. The quantitative estimate of drug-likeness (QED) is 0.188. The molecular formula is C42H38O. The van der Waals surface area contributed by atoms with E-state index in [0.29, 0.717) is 0 Å². The van der Waals surface area contributed by atoms with Crippen molar-refractivity contribution < 1.29 is 40.4 Å². The average molecular weight is 585 g/mol. The van der Waals surface area contributed by atoms with Gasteiger partial charge in [-0.15, -0.1) is 0 Å². The van der Waals surface area contributed by atoms with Gasteiger partial charge in [0.05, 0.1) is 39.6 Å². The van der Waals surface area contributed by atoms with Crippen molar-refractivity contribution in [1.82, 2.24) is 0 Å². The SMILES string of the molecule is [2H]c1c([2H])c([2H])c(C2C([2H])C([2H])C([2H])C3OC4C([2H])C([2H])C(c5c6c([2H])c([2H])c([2H])c([2H])c6c(-c6c([2H])c([2H])c7c([2H])c([2H])c([2H])c([2H])c7c6[2H])c6c([2H])c([2H])c([2H])c([2H])c56)C([2H])C4C32)c([2H])c1[2H]. The van der Waals surface area contributed by atoms with Gasteiger partial charge in [0.2, 0.25) is 0 Å². The molecule has 0 radical (unpaired) electrons. The second-order valence-electron chi connectivity index (χ2n) is 10.8. The number of rotatable bonds is 3. The molecule has 1 heterocycles. The van der Waals surface area contributed by atoms with Gasteiger partial charge in [0.25, 0.3) is 0 Å². The highest BCUT2D eigenvalue weighted by Gasteiger charge is 2.51. The molecule has 0 bridgehead atoms. The molecule has 1 nitrogen and oxygen atoms in total. The first-order valence-electron chi connectivity index (χ1n) is 27.3. The Kier molecular flexibility index (Phi) is 2.55. The van der Waals surface area contributed by atoms with E-state index < -0.39 is 250 Å². The molecule has 3 fully saturated rings. The first kappa shape index (κ1) is 10.6. The van der Waals surface area contributed by atoms with Crippen LogP contribution in [0.3, 0.4) is 0 Å². The van der Waals surface area contributed by atoms with E-state index in [0.717, 1.165) is 0 Å². The van der Waals surface area contributed by atoms with Gasteiger partial charge in [0.15, 0.2) is 0 Å². The van der Waals surface area contributed by atoms with Crippen molar-refractivity contribution in [2.24, 2.45) is 11.8 Å². The molecule has 1 aliphatic heterocycles. The molecule has 6 aromatic carbocycles. The number of hydrogen-bond acceptors (Lipinski definition) is 1. The predicted molar refractivity (Wildman–Crippen MR) is 180 cm³/mol. The van der Waals surface area contributed by atoms with E-state index in [-0.39, 0.29) is 0 Å². The zero-order valence-corrected chi connectivity index (χ0v) is 22.3. The Balaban J connectivity index is 1.44. The van der Waals surface area contributed by atoms with Crippen LogP contribution in [0.4, 0.5) is 0 Å². The van der Waals surface area contributed by atoms with E-state index in [4.69, 9.17) is 26.7 Å². The molecule has 0 spiro atoms. The van der Waals surface area contributed by atoms with Gasteiger partial charge in [-0.2, -0.15) is 0 Å². The van der Waals surface area contributed by atoms with Gasteiger partial charge in [0, 0.05) is 8.22 Å². The molecule has 0 aromatic heterocycles. The van der Waals surface area contributed by atoms with Gasteiger partial charge in [-0.05, 0) is 116 Å². The summed E-state index contributed by atoms with van der Waals surface area (Å²) in [5, 5.41) is -3.47. The van der Waals surface area contributed by atoms with Gasteiger partial charge < -0.3 is 4.74 Å². The monoisotopic (exact) mass is 584 g/mol. The van der Waals surface area contributed by atoms with Crippen LogP contribution < -0.4 is 0 Å². The summed E-state index contributed by atoms with van der Waals surface area (Å²) in [6.45, 7) is 0. The second kappa shape index (κ2) is 10.4. The lowest BCUT2D eigenvalue weighted by atomic mass is 9.63. The Bertz CT molecular complexity index is 3180. The lowest BCUT2D eigenvalue weighted by Crippen LogP contribution is -2.34. The second-order valence-corrected chi connectivity index (χ2v) is 10.8. The van der Waals surface area contributed by atoms with Crippen LogP contribution in [0.2, 0.25) is 0 Å². The van der Waals surface area contributed by atoms with Crippen LogP contribution >= 0.6 is 0 Å². The van der Waals surface area contributed by atoms with Crippen LogP contribution in [0.1, 0.15) is 97.0 Å². The summed E-state index contributed by atoms with van der Waals surface area (Å²) >= 11 is 0. The van der Waals surface area contributed by atoms with Crippen LogP contribution in [-0.4, -0.2) is 12.2 Å². The maximum absolute atomic E-state index is 10.2. The highest BCUT2D eigenvalue weighted by atomic mass is 16.5. The Labute approximate surface area is 291 Å². The van der Waals surface area contributed by atoms with Crippen LogP contribution in [0.5, 0.6) is 0 Å². The molecule has 2 aliphatic carbocycles. The molecule has 0 N–H and O–H groups in total. The highest BCUT2D eigenvalue weighted by molar-refractivity contribution is 6.15. The third-order valence-electron chi connectivity index (χ3n) is 8.59. The molecule has 212 valence electrons. The Hall–Kier alpha value is -3.94. The van der Waals surface area contributed by atoms with Crippen molar-refractivity contribution >= 4 is 32.3 Å². The lowest BCUT2D eigenvalue weighted by Gasteiger charge is -2.39. The summed E-state index contributed by atoms with van der Waals surface area (Å²) in [6, 6.07) is -16.7. The molecular weight excluding hydrogens is 520 g/mol. The van der Waals surface area contributed by atoms with E-state index in [2.05, 4.69) is 0 Å². The average Bonchev–Trinajstić information content (AvgIpc) is 3.72. The summed E-state index contributed by atoms with van der Waals surface area (Å²) < 4.78 is 241. The van der Waals surface area contributed by atoms with Gasteiger partial charge in [-0.3, -0.25) is 0 Å². The van der Waals surface area contributed by atoms with E-state index in [1.54, 1.807) is 0 Å².